The van der Waals surface area contributed by atoms with Gasteiger partial charge in [-0.15, -0.1) is 11.3 Å². The lowest BCUT2D eigenvalue weighted by Crippen LogP contribution is -2.17. The maximum absolute atomic E-state index is 11.5. The fourth-order valence-electron chi connectivity index (χ4n) is 1.87. The molecule has 1 heterocycles. The highest BCUT2D eigenvalue weighted by atomic mass is 79.9. The van der Waals surface area contributed by atoms with Gasteiger partial charge in [0.1, 0.15) is 0 Å². The number of hydrogen-bond donors (Lipinski definition) is 1. The monoisotopic (exact) mass is 374 g/mol. The van der Waals surface area contributed by atoms with Gasteiger partial charge in [-0.3, -0.25) is 0 Å². The molecule has 0 spiro atoms. The highest BCUT2D eigenvalue weighted by Crippen LogP contribution is 2.28. The minimum atomic E-state index is -3.23. The number of hydrogen-bond acceptors (Lipinski definition) is 5. The molecule has 7 heteroatoms. The van der Waals surface area contributed by atoms with Crippen LogP contribution in [0.5, 0.6) is 0 Å². The van der Waals surface area contributed by atoms with Crippen LogP contribution in [0.1, 0.15) is 4.88 Å². The number of benzene rings is 1. The average molecular weight is 375 g/mol. The lowest BCUT2D eigenvalue weighted by Gasteiger charge is -2.20. The summed E-state index contributed by atoms with van der Waals surface area (Å²) in [5.41, 5.74) is 7.25. The summed E-state index contributed by atoms with van der Waals surface area (Å²) >= 11 is 5.09. The summed E-state index contributed by atoms with van der Waals surface area (Å²) < 4.78 is 24.0. The molecule has 0 fully saturated rings. The number of nitrogens with two attached hydrogens (primary N) is 1. The van der Waals surface area contributed by atoms with Crippen molar-refractivity contribution in [3.05, 3.63) is 39.0 Å². The zero-order valence-electron chi connectivity index (χ0n) is 11.1. The van der Waals surface area contributed by atoms with Gasteiger partial charge >= 0.3 is 0 Å². The van der Waals surface area contributed by atoms with Crippen LogP contribution in [-0.4, -0.2) is 21.7 Å². The van der Waals surface area contributed by atoms with Crippen LogP contribution in [0.25, 0.3) is 0 Å². The van der Waals surface area contributed by atoms with E-state index in [0.29, 0.717) is 5.69 Å². The van der Waals surface area contributed by atoms with Gasteiger partial charge in [0.25, 0.3) is 0 Å². The molecule has 0 atom stereocenters. The summed E-state index contributed by atoms with van der Waals surface area (Å²) in [7, 11) is -1.30. The minimum Gasteiger partial charge on any atom is -0.397 e. The maximum Gasteiger partial charge on any atom is 0.175 e. The van der Waals surface area contributed by atoms with Crippen molar-refractivity contribution >= 4 is 48.5 Å². The van der Waals surface area contributed by atoms with Gasteiger partial charge in [0.05, 0.1) is 22.8 Å². The molecule has 0 aliphatic heterocycles. The molecule has 2 rings (SSSR count). The second-order valence-corrected chi connectivity index (χ2v) is 8.51. The van der Waals surface area contributed by atoms with Gasteiger partial charge in [-0.2, -0.15) is 0 Å². The summed E-state index contributed by atoms with van der Waals surface area (Å²) in [5, 5.41) is 2.03. The number of anilines is 2. The van der Waals surface area contributed by atoms with E-state index in [9.17, 15) is 8.42 Å². The van der Waals surface area contributed by atoms with Crippen LogP contribution in [0, 0.1) is 0 Å². The molecule has 0 aliphatic carbocycles. The Balaban J connectivity index is 2.24. The van der Waals surface area contributed by atoms with Crippen LogP contribution in [-0.2, 0) is 16.4 Å². The van der Waals surface area contributed by atoms with Crippen molar-refractivity contribution in [2.75, 3.05) is 23.9 Å². The van der Waals surface area contributed by atoms with E-state index in [1.165, 1.54) is 17.2 Å². The molecule has 4 nitrogen and oxygen atoms in total. The zero-order valence-corrected chi connectivity index (χ0v) is 14.3. The van der Waals surface area contributed by atoms with Crippen LogP contribution < -0.4 is 10.6 Å². The molecular weight excluding hydrogens is 360 g/mol. The summed E-state index contributed by atoms with van der Waals surface area (Å²) in [6.07, 6.45) is 1.17. The predicted octanol–water partition coefficient (Wildman–Crippen LogP) is 3.13. The van der Waals surface area contributed by atoms with Gasteiger partial charge in [-0.1, -0.05) is 0 Å². The van der Waals surface area contributed by atoms with E-state index in [1.807, 2.05) is 17.3 Å². The first-order chi connectivity index (χ1) is 9.27. The Kier molecular flexibility index (Phi) is 4.41. The van der Waals surface area contributed by atoms with Crippen molar-refractivity contribution in [2.45, 2.75) is 11.4 Å². The largest absolute Gasteiger partial charge is 0.397 e. The molecule has 2 N–H and O–H groups in total. The molecule has 108 valence electrons. The van der Waals surface area contributed by atoms with E-state index in [4.69, 9.17) is 5.73 Å². The standard InChI is InChI=1S/C13H15BrN2O2S2/c1-16(7-10-5-9(14)8-19-10)13-4-3-11(6-12(13)15)20(2,17)18/h3-6,8H,7,15H2,1-2H3. The molecule has 0 bridgehead atoms. The van der Waals surface area contributed by atoms with Gasteiger partial charge in [0.2, 0.25) is 0 Å². The zero-order chi connectivity index (χ0) is 14.9. The molecule has 0 aliphatic rings. The maximum atomic E-state index is 11.5. The number of sulfone groups is 1. The van der Waals surface area contributed by atoms with E-state index in [-0.39, 0.29) is 4.90 Å². The predicted molar refractivity (Wildman–Crippen MR) is 88.1 cm³/mol. The number of nitrogens with zero attached hydrogens (tertiary/aromatic N) is 1. The van der Waals surface area contributed by atoms with Crippen molar-refractivity contribution < 1.29 is 8.42 Å². The van der Waals surface area contributed by atoms with E-state index < -0.39 is 9.84 Å². The Morgan fingerprint density at radius 1 is 1.35 bits per heavy atom. The van der Waals surface area contributed by atoms with Gasteiger partial charge in [0, 0.05) is 28.0 Å². The van der Waals surface area contributed by atoms with Crippen molar-refractivity contribution in [1.82, 2.24) is 0 Å². The van der Waals surface area contributed by atoms with Gasteiger partial charge in [-0.25, -0.2) is 8.42 Å². The molecule has 0 saturated heterocycles. The van der Waals surface area contributed by atoms with E-state index in [2.05, 4.69) is 22.0 Å². The van der Waals surface area contributed by atoms with E-state index in [1.54, 1.807) is 23.5 Å². The Bertz CT molecular complexity index is 726. The average Bonchev–Trinajstić information content (AvgIpc) is 2.73. The molecule has 0 unspecified atom stereocenters. The summed E-state index contributed by atoms with van der Waals surface area (Å²) in [4.78, 5) is 3.44. The van der Waals surface area contributed by atoms with Crippen LogP contribution in [0.3, 0.4) is 0 Å². The lowest BCUT2D eigenvalue weighted by atomic mass is 10.2. The molecule has 20 heavy (non-hydrogen) atoms. The summed E-state index contributed by atoms with van der Waals surface area (Å²) in [6, 6.07) is 6.89. The van der Waals surface area contributed by atoms with Crippen LogP contribution in [0.2, 0.25) is 0 Å². The summed E-state index contributed by atoms with van der Waals surface area (Å²) in [5.74, 6) is 0. The fourth-order valence-corrected chi connectivity index (χ4v) is 4.03. The number of rotatable bonds is 4. The quantitative estimate of drug-likeness (QED) is 0.834. The highest BCUT2D eigenvalue weighted by molar-refractivity contribution is 9.10. The van der Waals surface area contributed by atoms with Crippen molar-refractivity contribution in [3.8, 4) is 0 Å². The summed E-state index contributed by atoms with van der Waals surface area (Å²) in [6.45, 7) is 0.721. The third-order valence-corrected chi connectivity index (χ3v) is 5.65. The number of nitrogen functional groups attached to an aromatic ring is 1. The first-order valence-corrected chi connectivity index (χ1v) is 9.37. The molecule has 0 radical (unpaired) electrons. The third kappa shape index (κ3) is 3.53. The first-order valence-electron chi connectivity index (χ1n) is 5.81. The van der Waals surface area contributed by atoms with Crippen LogP contribution in [0.15, 0.2) is 39.0 Å². The van der Waals surface area contributed by atoms with Gasteiger partial charge in [-0.05, 0) is 40.2 Å². The minimum absolute atomic E-state index is 0.242. The van der Waals surface area contributed by atoms with Gasteiger partial charge < -0.3 is 10.6 Å². The molecular formula is C13H15BrN2O2S2. The van der Waals surface area contributed by atoms with Crippen LogP contribution >= 0.6 is 27.3 Å². The Labute approximate surface area is 131 Å². The molecule has 0 amide bonds. The topological polar surface area (TPSA) is 63.4 Å². The molecule has 2 aromatic rings. The number of halogens is 1. The second-order valence-electron chi connectivity index (χ2n) is 4.58. The van der Waals surface area contributed by atoms with Crippen molar-refractivity contribution in [1.29, 1.82) is 0 Å². The van der Waals surface area contributed by atoms with Crippen molar-refractivity contribution in [3.63, 3.8) is 0 Å². The van der Waals surface area contributed by atoms with Crippen LogP contribution in [0.4, 0.5) is 11.4 Å². The lowest BCUT2D eigenvalue weighted by molar-refractivity contribution is 0.602. The Morgan fingerprint density at radius 2 is 2.05 bits per heavy atom. The smallest absolute Gasteiger partial charge is 0.175 e. The van der Waals surface area contributed by atoms with Crippen molar-refractivity contribution in [2.24, 2.45) is 0 Å². The Morgan fingerprint density at radius 3 is 2.55 bits per heavy atom. The fraction of sp³-hybridized carbons (Fsp3) is 0.231. The SMILES string of the molecule is CN(Cc1cc(Br)cs1)c1ccc(S(C)(=O)=O)cc1N. The Hall–Kier alpha value is -1.05. The van der Waals surface area contributed by atoms with E-state index in [0.717, 1.165) is 16.7 Å². The van der Waals surface area contributed by atoms with E-state index >= 15 is 0 Å². The normalized spacial score (nSPS) is 11.6. The molecule has 1 aromatic heterocycles. The third-order valence-electron chi connectivity index (χ3n) is 2.85. The molecule has 1 aromatic carbocycles. The van der Waals surface area contributed by atoms with Gasteiger partial charge in [0.15, 0.2) is 9.84 Å². The first kappa shape index (κ1) is 15.3. The second kappa shape index (κ2) is 5.75. The highest BCUT2D eigenvalue weighted by Gasteiger charge is 2.12. The number of thiophene rings is 1. The molecule has 0 saturated carbocycles.